The number of nitrogens with one attached hydrogen (secondary N) is 1. The first-order chi connectivity index (χ1) is 12.0. The first-order valence-electron chi connectivity index (χ1n) is 7.73. The molecular weight excluding hydrogens is 351 g/mol. The van der Waals surface area contributed by atoms with E-state index in [1.807, 2.05) is 5.32 Å². The van der Waals surface area contributed by atoms with E-state index in [2.05, 4.69) is 0 Å². The fourth-order valence-electron chi connectivity index (χ4n) is 2.72. The third kappa shape index (κ3) is 4.01. The normalized spacial score (nSPS) is 13.4. The zero-order chi connectivity index (χ0) is 19.7. The van der Waals surface area contributed by atoms with Crippen molar-refractivity contribution < 1.29 is 32.5 Å². The van der Waals surface area contributed by atoms with E-state index in [1.165, 1.54) is 28.1 Å². The molecule has 0 heterocycles. The van der Waals surface area contributed by atoms with Crippen LogP contribution in [0.4, 0.5) is 13.2 Å². The van der Waals surface area contributed by atoms with Crippen LogP contribution in [0.2, 0.25) is 0 Å². The monoisotopic (exact) mass is 371 g/mol. The van der Waals surface area contributed by atoms with Gasteiger partial charge in [0.25, 0.3) is 0 Å². The van der Waals surface area contributed by atoms with E-state index < -0.39 is 23.7 Å². The summed E-state index contributed by atoms with van der Waals surface area (Å²) in [6.45, 7) is 2.61. The van der Waals surface area contributed by atoms with Gasteiger partial charge in [-0.2, -0.15) is 13.2 Å². The van der Waals surface area contributed by atoms with Crippen LogP contribution in [0, 0.1) is 0 Å². The van der Waals surface area contributed by atoms with E-state index in [9.17, 15) is 23.1 Å². The Bertz CT molecular complexity index is 812. The summed E-state index contributed by atoms with van der Waals surface area (Å²) in [6, 6.07) is 7.06. The van der Waals surface area contributed by atoms with Crippen LogP contribution in [0.15, 0.2) is 30.3 Å². The average Bonchev–Trinajstić information content (AvgIpc) is 2.55. The van der Waals surface area contributed by atoms with Crippen LogP contribution in [0.3, 0.4) is 0 Å². The highest BCUT2D eigenvalue weighted by Crippen LogP contribution is 2.38. The van der Waals surface area contributed by atoms with Crippen molar-refractivity contribution in [1.29, 1.82) is 0 Å². The van der Waals surface area contributed by atoms with Gasteiger partial charge in [-0.25, -0.2) is 0 Å². The Morgan fingerprint density at radius 2 is 1.73 bits per heavy atom. The van der Waals surface area contributed by atoms with Gasteiger partial charge in [-0.1, -0.05) is 12.1 Å². The number of amides is 1. The molecule has 1 atom stereocenters. The number of rotatable bonds is 5. The van der Waals surface area contributed by atoms with Crippen LogP contribution in [0.5, 0.6) is 11.5 Å². The summed E-state index contributed by atoms with van der Waals surface area (Å²) >= 11 is 0. The van der Waals surface area contributed by atoms with Gasteiger partial charge in [0, 0.05) is 10.9 Å². The number of ether oxygens (including phenoxy) is 2. The van der Waals surface area contributed by atoms with Gasteiger partial charge in [0.05, 0.1) is 25.9 Å². The number of fused-ring (bicyclic) bond motifs is 1. The third-order valence-corrected chi connectivity index (χ3v) is 3.96. The predicted octanol–water partition coefficient (Wildman–Crippen LogP) is 3.35. The molecule has 1 unspecified atom stereocenters. The van der Waals surface area contributed by atoms with Crippen LogP contribution < -0.4 is 14.8 Å². The van der Waals surface area contributed by atoms with Crippen LogP contribution in [0.1, 0.15) is 25.5 Å². The minimum absolute atomic E-state index is 0.203. The van der Waals surface area contributed by atoms with Gasteiger partial charge < -0.3 is 19.9 Å². The average molecular weight is 371 g/mol. The van der Waals surface area contributed by atoms with Crippen molar-refractivity contribution in [3.8, 4) is 11.5 Å². The van der Waals surface area contributed by atoms with Crippen molar-refractivity contribution in [3.05, 3.63) is 35.9 Å². The lowest BCUT2D eigenvalue weighted by atomic mass is 9.89. The van der Waals surface area contributed by atoms with E-state index in [1.54, 1.807) is 30.3 Å². The molecule has 2 rings (SSSR count). The third-order valence-electron chi connectivity index (χ3n) is 3.96. The molecule has 0 aliphatic rings. The van der Waals surface area contributed by atoms with E-state index in [0.29, 0.717) is 11.1 Å². The largest absolute Gasteiger partial charge is 0.496 e. The first kappa shape index (κ1) is 19.8. The molecule has 2 aromatic rings. The second kappa shape index (κ2) is 7.03. The van der Waals surface area contributed by atoms with E-state index in [-0.39, 0.29) is 11.3 Å². The zero-order valence-electron chi connectivity index (χ0n) is 14.8. The highest BCUT2D eigenvalue weighted by molar-refractivity contribution is 5.91. The van der Waals surface area contributed by atoms with Crippen molar-refractivity contribution in [2.24, 2.45) is 0 Å². The quantitative estimate of drug-likeness (QED) is 0.846. The smallest absolute Gasteiger partial charge is 0.471 e. The molecule has 2 N–H and O–H groups in total. The number of halogens is 3. The van der Waals surface area contributed by atoms with Gasteiger partial charge in [-0.05, 0) is 37.4 Å². The summed E-state index contributed by atoms with van der Waals surface area (Å²) in [5.74, 6) is -1.41. The number of aliphatic hydroxyl groups is 1. The van der Waals surface area contributed by atoms with Crippen LogP contribution >= 0.6 is 0 Å². The summed E-state index contributed by atoms with van der Waals surface area (Å²) in [5.41, 5.74) is -1.49. The molecule has 0 saturated carbocycles. The minimum Gasteiger partial charge on any atom is -0.496 e. The Morgan fingerprint density at radius 1 is 1.12 bits per heavy atom. The Hall–Kier alpha value is -2.48. The van der Waals surface area contributed by atoms with Crippen molar-refractivity contribution in [2.45, 2.75) is 31.7 Å². The van der Waals surface area contributed by atoms with Gasteiger partial charge in [0.15, 0.2) is 0 Å². The van der Waals surface area contributed by atoms with Gasteiger partial charge in [0.2, 0.25) is 0 Å². The lowest BCUT2D eigenvalue weighted by Gasteiger charge is -2.32. The molecule has 0 aromatic heterocycles. The molecule has 5 nitrogen and oxygen atoms in total. The lowest BCUT2D eigenvalue weighted by Crippen LogP contribution is -2.47. The Balaban J connectivity index is 2.66. The number of hydrogen-bond donors (Lipinski definition) is 2. The maximum atomic E-state index is 12.7. The SMILES string of the molecule is COc1cc2cccc(OC)c2cc1C(NC(=O)C(F)(F)F)C(C)(C)O. The molecule has 0 spiro atoms. The highest BCUT2D eigenvalue weighted by atomic mass is 19.4. The molecule has 1 amide bonds. The van der Waals surface area contributed by atoms with Gasteiger partial charge in [-0.3, -0.25) is 4.79 Å². The molecule has 8 heteroatoms. The van der Waals surface area contributed by atoms with Gasteiger partial charge >= 0.3 is 12.1 Å². The standard InChI is InChI=1S/C18H20F3NO4/c1-17(2,24)15(22-16(23)18(19,20)21)12-9-11-10(8-14(12)26-4)6-5-7-13(11)25-3/h5-9,15,24H,1-4H3,(H,22,23). The van der Waals surface area contributed by atoms with E-state index in [4.69, 9.17) is 9.47 Å². The molecule has 2 aromatic carbocycles. The molecule has 0 aliphatic carbocycles. The summed E-state index contributed by atoms with van der Waals surface area (Å²) in [6.07, 6.45) is -5.08. The predicted molar refractivity (Wildman–Crippen MR) is 90.3 cm³/mol. The fourth-order valence-corrected chi connectivity index (χ4v) is 2.72. The molecular formula is C18H20F3NO4. The topological polar surface area (TPSA) is 67.8 Å². The van der Waals surface area contributed by atoms with Crippen molar-refractivity contribution in [2.75, 3.05) is 14.2 Å². The van der Waals surface area contributed by atoms with Crippen molar-refractivity contribution in [1.82, 2.24) is 5.32 Å². The second-order valence-corrected chi connectivity index (χ2v) is 6.33. The van der Waals surface area contributed by atoms with Crippen LogP contribution in [-0.4, -0.2) is 37.0 Å². The van der Waals surface area contributed by atoms with Crippen LogP contribution in [0.25, 0.3) is 10.8 Å². The van der Waals surface area contributed by atoms with E-state index in [0.717, 1.165) is 5.39 Å². The highest BCUT2D eigenvalue weighted by Gasteiger charge is 2.43. The summed E-state index contributed by atoms with van der Waals surface area (Å²) in [5, 5.41) is 13.6. The number of carbonyl (C=O) groups is 1. The number of carbonyl (C=O) groups excluding carboxylic acids is 1. The number of methoxy groups -OCH3 is 2. The molecule has 0 radical (unpaired) electrons. The van der Waals surface area contributed by atoms with Gasteiger partial charge in [0.1, 0.15) is 11.5 Å². The molecule has 26 heavy (non-hydrogen) atoms. The minimum atomic E-state index is -5.08. The molecule has 0 saturated heterocycles. The number of hydrogen-bond acceptors (Lipinski definition) is 4. The maximum absolute atomic E-state index is 12.7. The van der Waals surface area contributed by atoms with E-state index >= 15 is 0 Å². The van der Waals surface area contributed by atoms with Crippen LogP contribution in [-0.2, 0) is 4.79 Å². The number of alkyl halides is 3. The molecule has 0 bridgehead atoms. The van der Waals surface area contributed by atoms with Gasteiger partial charge in [-0.15, -0.1) is 0 Å². The Kier molecular flexibility index (Phi) is 5.36. The zero-order valence-corrected chi connectivity index (χ0v) is 14.8. The van der Waals surface area contributed by atoms with Crippen molar-refractivity contribution >= 4 is 16.7 Å². The molecule has 142 valence electrons. The fraction of sp³-hybridized carbons (Fsp3) is 0.389. The summed E-state index contributed by atoms with van der Waals surface area (Å²) < 4.78 is 48.7. The summed E-state index contributed by atoms with van der Waals surface area (Å²) in [4.78, 5) is 11.5. The first-order valence-corrected chi connectivity index (χ1v) is 7.73. The molecule has 0 fully saturated rings. The Labute approximate surface area is 148 Å². The second-order valence-electron chi connectivity index (χ2n) is 6.33. The molecule has 0 aliphatic heterocycles. The van der Waals surface area contributed by atoms with Crippen molar-refractivity contribution in [3.63, 3.8) is 0 Å². The number of benzene rings is 2. The lowest BCUT2D eigenvalue weighted by molar-refractivity contribution is -0.176. The Morgan fingerprint density at radius 3 is 2.23 bits per heavy atom. The summed E-state index contributed by atoms with van der Waals surface area (Å²) in [7, 11) is 2.83. The maximum Gasteiger partial charge on any atom is 0.471 e.